The minimum atomic E-state index is -0.833. The number of unbranched alkanes of at least 4 members (excludes halogenated alkanes) is 2. The van der Waals surface area contributed by atoms with E-state index in [1.54, 1.807) is 16.7 Å². The second kappa shape index (κ2) is 12.2. The molecule has 156 valence electrons. The number of hydrogen-bond acceptors (Lipinski definition) is 3. The van der Waals surface area contributed by atoms with Crippen molar-refractivity contribution in [2.45, 2.75) is 55.7 Å². The van der Waals surface area contributed by atoms with Gasteiger partial charge >= 0.3 is 12.0 Å². The summed E-state index contributed by atoms with van der Waals surface area (Å²) in [6, 6.07) is 15.5. The van der Waals surface area contributed by atoms with Crippen molar-refractivity contribution in [3.8, 4) is 0 Å². The van der Waals surface area contributed by atoms with Gasteiger partial charge in [-0.2, -0.15) is 0 Å². The Bertz CT molecular complexity index is 793. The van der Waals surface area contributed by atoms with Crippen LogP contribution in [0.3, 0.4) is 0 Å². The van der Waals surface area contributed by atoms with E-state index in [0.717, 1.165) is 46.7 Å². The monoisotopic (exact) mass is 414 g/mol. The molecule has 0 saturated heterocycles. The van der Waals surface area contributed by atoms with Crippen LogP contribution in [-0.4, -0.2) is 30.2 Å². The molecule has 0 aliphatic heterocycles. The maximum absolute atomic E-state index is 12.6. The van der Waals surface area contributed by atoms with Crippen LogP contribution in [0.5, 0.6) is 0 Å². The minimum absolute atomic E-state index is 0.0207. The first-order valence-corrected chi connectivity index (χ1v) is 11.0. The van der Waals surface area contributed by atoms with Crippen molar-refractivity contribution in [2.24, 2.45) is 0 Å². The summed E-state index contributed by atoms with van der Waals surface area (Å²) in [7, 11) is 0. The maximum Gasteiger partial charge on any atom is 0.321 e. The number of carboxylic acids is 1. The Hall–Kier alpha value is -2.47. The average Bonchev–Trinajstić information content (AvgIpc) is 2.69. The molecule has 2 amide bonds. The summed E-state index contributed by atoms with van der Waals surface area (Å²) in [5.74, 6) is -0.833. The van der Waals surface area contributed by atoms with Gasteiger partial charge in [0.05, 0.1) is 6.42 Å². The summed E-state index contributed by atoms with van der Waals surface area (Å²) in [4.78, 5) is 27.3. The third kappa shape index (κ3) is 7.81. The number of amides is 2. The molecular formula is C23H30N2O3S. The molecule has 0 heterocycles. The lowest BCUT2D eigenvalue weighted by Crippen LogP contribution is -2.41. The second-order valence-electron chi connectivity index (χ2n) is 6.90. The molecular weight excluding hydrogens is 384 g/mol. The Morgan fingerprint density at radius 3 is 2.38 bits per heavy atom. The zero-order valence-electron chi connectivity index (χ0n) is 17.2. The molecule has 2 N–H and O–H groups in total. The summed E-state index contributed by atoms with van der Waals surface area (Å²) >= 11 is 1.58. The minimum Gasteiger partial charge on any atom is -0.481 e. The van der Waals surface area contributed by atoms with Gasteiger partial charge in [-0.1, -0.05) is 50.6 Å². The first-order chi connectivity index (χ1) is 14.0. The Morgan fingerprint density at radius 2 is 1.72 bits per heavy atom. The summed E-state index contributed by atoms with van der Waals surface area (Å²) in [5.41, 5.74) is 1.67. The summed E-state index contributed by atoms with van der Waals surface area (Å²) in [6.45, 7) is 5.61. The van der Waals surface area contributed by atoms with Crippen molar-refractivity contribution < 1.29 is 14.7 Å². The SMILES string of the molecule is CCCCNC(=O)N(CCCC)c1ccc(Sc2cccc(CC(=O)O)c2)cc1. The van der Waals surface area contributed by atoms with Gasteiger partial charge in [0.1, 0.15) is 0 Å². The standard InChI is InChI=1S/C23H30N2O3S/c1-3-5-14-24-23(28)25(15-6-4-2)19-10-12-20(13-11-19)29-21-9-7-8-18(16-21)17-22(26)27/h7-13,16H,3-6,14-15,17H2,1-2H3,(H,24,28)(H,26,27). The quantitative estimate of drug-likeness (QED) is 0.471. The van der Waals surface area contributed by atoms with Gasteiger partial charge in [-0.05, 0) is 54.8 Å². The lowest BCUT2D eigenvalue weighted by molar-refractivity contribution is -0.136. The second-order valence-corrected chi connectivity index (χ2v) is 8.05. The number of rotatable bonds is 11. The number of carbonyl (C=O) groups excluding carboxylic acids is 1. The highest BCUT2D eigenvalue weighted by Gasteiger charge is 2.14. The normalized spacial score (nSPS) is 10.6. The smallest absolute Gasteiger partial charge is 0.321 e. The van der Waals surface area contributed by atoms with Gasteiger partial charge in [-0.15, -0.1) is 0 Å². The molecule has 5 nitrogen and oxygen atoms in total. The predicted molar refractivity (Wildman–Crippen MR) is 119 cm³/mol. The van der Waals surface area contributed by atoms with Crippen molar-refractivity contribution in [1.29, 1.82) is 0 Å². The molecule has 0 fully saturated rings. The number of carbonyl (C=O) groups is 2. The first kappa shape index (κ1) is 22.8. The Labute approximate surface area is 177 Å². The Kier molecular flexibility index (Phi) is 9.57. The van der Waals surface area contributed by atoms with Crippen molar-refractivity contribution in [1.82, 2.24) is 5.32 Å². The van der Waals surface area contributed by atoms with E-state index in [2.05, 4.69) is 19.2 Å². The number of hydrogen-bond donors (Lipinski definition) is 2. The van der Waals surface area contributed by atoms with E-state index in [-0.39, 0.29) is 12.5 Å². The van der Waals surface area contributed by atoms with Crippen LogP contribution in [0.2, 0.25) is 0 Å². The average molecular weight is 415 g/mol. The fraction of sp³-hybridized carbons (Fsp3) is 0.391. The molecule has 6 heteroatoms. The topological polar surface area (TPSA) is 69.6 Å². The molecule has 0 atom stereocenters. The largest absolute Gasteiger partial charge is 0.481 e. The Morgan fingerprint density at radius 1 is 1.00 bits per heavy atom. The van der Waals surface area contributed by atoms with E-state index < -0.39 is 5.97 Å². The zero-order valence-corrected chi connectivity index (χ0v) is 18.0. The van der Waals surface area contributed by atoms with E-state index in [4.69, 9.17) is 5.11 Å². The predicted octanol–water partition coefficient (Wildman–Crippen LogP) is 5.58. The molecule has 2 aromatic rings. The Balaban J connectivity index is 2.07. The van der Waals surface area contributed by atoms with Crippen LogP contribution >= 0.6 is 11.8 Å². The van der Waals surface area contributed by atoms with E-state index in [1.807, 2.05) is 48.5 Å². The van der Waals surface area contributed by atoms with Crippen LogP contribution in [0, 0.1) is 0 Å². The molecule has 0 aliphatic carbocycles. The van der Waals surface area contributed by atoms with Crippen molar-refractivity contribution in [3.63, 3.8) is 0 Å². The highest BCUT2D eigenvalue weighted by molar-refractivity contribution is 7.99. The van der Waals surface area contributed by atoms with Gasteiger partial charge in [0.2, 0.25) is 0 Å². The zero-order chi connectivity index (χ0) is 21.1. The van der Waals surface area contributed by atoms with Crippen molar-refractivity contribution >= 4 is 29.4 Å². The fourth-order valence-electron chi connectivity index (χ4n) is 2.86. The molecule has 2 aromatic carbocycles. The lowest BCUT2D eigenvalue weighted by Gasteiger charge is -2.23. The lowest BCUT2D eigenvalue weighted by atomic mass is 10.2. The molecule has 0 bridgehead atoms. The molecule has 0 spiro atoms. The van der Waals surface area contributed by atoms with Crippen molar-refractivity contribution in [2.75, 3.05) is 18.0 Å². The van der Waals surface area contributed by atoms with Crippen LogP contribution in [0.15, 0.2) is 58.3 Å². The molecule has 2 rings (SSSR count). The number of nitrogens with zero attached hydrogens (tertiary/aromatic N) is 1. The number of nitrogens with one attached hydrogen (secondary N) is 1. The summed E-state index contributed by atoms with van der Waals surface area (Å²) in [5, 5.41) is 12.0. The third-order valence-electron chi connectivity index (χ3n) is 4.42. The van der Waals surface area contributed by atoms with Crippen LogP contribution in [0.4, 0.5) is 10.5 Å². The van der Waals surface area contributed by atoms with Crippen LogP contribution < -0.4 is 10.2 Å². The molecule has 0 saturated carbocycles. The van der Waals surface area contributed by atoms with Crippen LogP contribution in [0.1, 0.15) is 45.1 Å². The molecule has 0 aromatic heterocycles. The van der Waals surface area contributed by atoms with Crippen LogP contribution in [0.25, 0.3) is 0 Å². The van der Waals surface area contributed by atoms with Gasteiger partial charge in [0, 0.05) is 28.6 Å². The highest BCUT2D eigenvalue weighted by atomic mass is 32.2. The number of benzene rings is 2. The fourth-order valence-corrected chi connectivity index (χ4v) is 3.76. The maximum atomic E-state index is 12.6. The number of anilines is 1. The highest BCUT2D eigenvalue weighted by Crippen LogP contribution is 2.30. The van der Waals surface area contributed by atoms with Gasteiger partial charge in [0.25, 0.3) is 0 Å². The van der Waals surface area contributed by atoms with E-state index in [0.29, 0.717) is 13.1 Å². The van der Waals surface area contributed by atoms with Gasteiger partial charge in [-0.25, -0.2) is 4.79 Å². The molecule has 0 radical (unpaired) electrons. The summed E-state index contributed by atoms with van der Waals surface area (Å²) in [6.07, 6.45) is 4.03. The van der Waals surface area contributed by atoms with Gasteiger partial charge < -0.3 is 10.4 Å². The van der Waals surface area contributed by atoms with Crippen LogP contribution in [-0.2, 0) is 11.2 Å². The number of aliphatic carboxylic acids is 1. The van der Waals surface area contributed by atoms with Gasteiger partial charge in [-0.3, -0.25) is 9.69 Å². The number of urea groups is 1. The first-order valence-electron chi connectivity index (χ1n) is 10.2. The third-order valence-corrected chi connectivity index (χ3v) is 5.42. The molecule has 0 unspecified atom stereocenters. The van der Waals surface area contributed by atoms with Crippen molar-refractivity contribution in [3.05, 3.63) is 54.1 Å². The van der Waals surface area contributed by atoms with E-state index in [9.17, 15) is 9.59 Å². The van der Waals surface area contributed by atoms with E-state index in [1.165, 1.54) is 0 Å². The van der Waals surface area contributed by atoms with Gasteiger partial charge in [0.15, 0.2) is 0 Å². The molecule has 0 aliphatic rings. The molecule has 29 heavy (non-hydrogen) atoms. The van der Waals surface area contributed by atoms with E-state index >= 15 is 0 Å². The summed E-state index contributed by atoms with van der Waals surface area (Å²) < 4.78 is 0. The number of carboxylic acid groups (broad SMARTS) is 1.